The van der Waals surface area contributed by atoms with Gasteiger partial charge in [-0.15, -0.1) is 0 Å². The largest absolute Gasteiger partial charge is 0.495 e. The van der Waals surface area contributed by atoms with Crippen LogP contribution in [0, 0.1) is 0 Å². The standard InChI is InChI=1S/C16H20N2O2/c1-17-15(14-13(19-2)10-7-11-18-14)16(20-3)12-8-5-4-6-9-12/h4-11,15-17H,1-3H3. The normalized spacial score (nSPS) is 13.8. The van der Waals surface area contributed by atoms with Gasteiger partial charge in [-0.25, -0.2) is 0 Å². The molecule has 0 fully saturated rings. The van der Waals surface area contributed by atoms with E-state index in [9.17, 15) is 0 Å². The molecule has 2 unspecified atom stereocenters. The molecule has 0 aliphatic rings. The van der Waals surface area contributed by atoms with Crippen molar-refractivity contribution in [2.45, 2.75) is 12.1 Å². The van der Waals surface area contributed by atoms with Gasteiger partial charge >= 0.3 is 0 Å². The Labute approximate surface area is 119 Å². The molecule has 1 heterocycles. The summed E-state index contributed by atoms with van der Waals surface area (Å²) in [6.07, 6.45) is 1.63. The molecule has 0 spiro atoms. The first-order chi connectivity index (χ1) is 9.81. The Kier molecular flexibility index (Phi) is 5.09. The lowest BCUT2D eigenvalue weighted by Gasteiger charge is -2.26. The van der Waals surface area contributed by atoms with Crippen molar-refractivity contribution in [3.05, 3.63) is 59.9 Å². The van der Waals surface area contributed by atoms with Crippen LogP contribution < -0.4 is 10.1 Å². The molecular weight excluding hydrogens is 252 g/mol. The maximum absolute atomic E-state index is 5.69. The molecule has 2 rings (SSSR count). The number of hydrogen-bond donors (Lipinski definition) is 1. The Morgan fingerprint density at radius 2 is 1.80 bits per heavy atom. The monoisotopic (exact) mass is 272 g/mol. The summed E-state index contributed by atoms with van der Waals surface area (Å²) in [5.74, 6) is 0.754. The maximum atomic E-state index is 5.69. The zero-order valence-corrected chi connectivity index (χ0v) is 12.0. The highest BCUT2D eigenvalue weighted by molar-refractivity contribution is 5.32. The van der Waals surface area contributed by atoms with E-state index in [2.05, 4.69) is 10.3 Å². The van der Waals surface area contributed by atoms with E-state index in [0.29, 0.717) is 0 Å². The van der Waals surface area contributed by atoms with Crippen LogP contribution in [0.2, 0.25) is 0 Å². The Morgan fingerprint density at radius 3 is 2.40 bits per heavy atom. The Bertz CT molecular complexity index is 531. The second kappa shape index (κ2) is 7.03. The zero-order chi connectivity index (χ0) is 14.4. The quantitative estimate of drug-likeness (QED) is 0.878. The number of hydrogen-bond acceptors (Lipinski definition) is 4. The summed E-state index contributed by atoms with van der Waals surface area (Å²) in [5, 5.41) is 3.28. The van der Waals surface area contributed by atoms with Gasteiger partial charge < -0.3 is 14.8 Å². The molecule has 2 atom stereocenters. The van der Waals surface area contributed by atoms with Crippen molar-refractivity contribution in [3.63, 3.8) is 0 Å². The molecule has 0 bridgehead atoms. The SMILES string of the molecule is CNC(c1ncccc1OC)C(OC)c1ccccc1. The molecule has 20 heavy (non-hydrogen) atoms. The van der Waals surface area contributed by atoms with Gasteiger partial charge in [-0.2, -0.15) is 0 Å². The van der Waals surface area contributed by atoms with E-state index in [1.54, 1.807) is 20.4 Å². The number of rotatable bonds is 6. The van der Waals surface area contributed by atoms with Gasteiger partial charge in [0.1, 0.15) is 17.5 Å². The fraction of sp³-hybridized carbons (Fsp3) is 0.312. The van der Waals surface area contributed by atoms with Crippen LogP contribution in [-0.4, -0.2) is 26.3 Å². The molecule has 0 radical (unpaired) electrons. The van der Waals surface area contributed by atoms with Gasteiger partial charge in [0.25, 0.3) is 0 Å². The minimum atomic E-state index is -0.134. The summed E-state index contributed by atoms with van der Waals surface area (Å²) in [6, 6.07) is 13.8. The molecule has 1 N–H and O–H groups in total. The van der Waals surface area contributed by atoms with Crippen LogP contribution in [0.25, 0.3) is 0 Å². The summed E-state index contributed by atoms with van der Waals surface area (Å²) in [4.78, 5) is 4.45. The Morgan fingerprint density at radius 1 is 1.05 bits per heavy atom. The first-order valence-corrected chi connectivity index (χ1v) is 6.55. The highest BCUT2D eigenvalue weighted by Gasteiger charge is 2.26. The predicted octanol–water partition coefficient (Wildman–Crippen LogP) is 2.74. The molecule has 0 saturated carbocycles. The van der Waals surface area contributed by atoms with Crippen LogP contribution >= 0.6 is 0 Å². The lowest BCUT2D eigenvalue weighted by Crippen LogP contribution is -2.26. The van der Waals surface area contributed by atoms with Crippen LogP contribution in [0.15, 0.2) is 48.7 Å². The van der Waals surface area contributed by atoms with Gasteiger partial charge in [-0.3, -0.25) is 4.98 Å². The molecule has 1 aromatic carbocycles. The van der Waals surface area contributed by atoms with Crippen LogP contribution in [0.5, 0.6) is 5.75 Å². The highest BCUT2D eigenvalue weighted by Crippen LogP contribution is 2.34. The maximum Gasteiger partial charge on any atom is 0.142 e. The van der Waals surface area contributed by atoms with E-state index in [-0.39, 0.29) is 12.1 Å². The fourth-order valence-corrected chi connectivity index (χ4v) is 2.35. The minimum absolute atomic E-state index is 0.0847. The number of nitrogens with zero attached hydrogens (tertiary/aromatic N) is 1. The van der Waals surface area contributed by atoms with Crippen molar-refractivity contribution in [3.8, 4) is 5.75 Å². The van der Waals surface area contributed by atoms with Crippen molar-refractivity contribution in [2.24, 2.45) is 0 Å². The van der Waals surface area contributed by atoms with Gasteiger partial charge in [-0.05, 0) is 24.7 Å². The molecule has 0 saturated heterocycles. The second-order valence-electron chi connectivity index (χ2n) is 4.42. The summed E-state index contributed by atoms with van der Waals surface area (Å²) in [6.45, 7) is 0. The second-order valence-corrected chi connectivity index (χ2v) is 4.42. The Balaban J connectivity index is 2.39. The Hall–Kier alpha value is -1.91. The van der Waals surface area contributed by atoms with Crippen molar-refractivity contribution < 1.29 is 9.47 Å². The van der Waals surface area contributed by atoms with Gasteiger partial charge in [0, 0.05) is 13.3 Å². The van der Waals surface area contributed by atoms with E-state index >= 15 is 0 Å². The number of likely N-dealkylation sites (N-methyl/N-ethyl adjacent to an activating group) is 1. The number of benzene rings is 1. The summed E-state index contributed by atoms with van der Waals surface area (Å²) in [7, 11) is 5.25. The summed E-state index contributed by atoms with van der Waals surface area (Å²) < 4.78 is 11.1. The van der Waals surface area contributed by atoms with E-state index in [1.807, 2.05) is 49.5 Å². The average Bonchev–Trinajstić information content (AvgIpc) is 2.53. The molecule has 106 valence electrons. The van der Waals surface area contributed by atoms with Crippen LogP contribution in [-0.2, 0) is 4.74 Å². The van der Waals surface area contributed by atoms with Crippen LogP contribution in [0.4, 0.5) is 0 Å². The predicted molar refractivity (Wildman–Crippen MR) is 78.8 cm³/mol. The molecule has 4 heteroatoms. The highest BCUT2D eigenvalue weighted by atomic mass is 16.5. The van der Waals surface area contributed by atoms with E-state index in [4.69, 9.17) is 9.47 Å². The molecule has 2 aromatic rings. The number of pyridine rings is 1. The summed E-state index contributed by atoms with van der Waals surface area (Å²) in [5.41, 5.74) is 1.94. The van der Waals surface area contributed by atoms with E-state index in [1.165, 1.54) is 0 Å². The number of aromatic nitrogens is 1. The molecule has 0 aliphatic carbocycles. The third kappa shape index (κ3) is 2.98. The van der Waals surface area contributed by atoms with Gasteiger partial charge in [0.2, 0.25) is 0 Å². The minimum Gasteiger partial charge on any atom is -0.495 e. The van der Waals surface area contributed by atoms with Crippen molar-refractivity contribution in [2.75, 3.05) is 21.3 Å². The number of methoxy groups -OCH3 is 2. The smallest absolute Gasteiger partial charge is 0.142 e. The van der Waals surface area contributed by atoms with Crippen LogP contribution in [0.3, 0.4) is 0 Å². The molecular formula is C16H20N2O2. The number of nitrogens with one attached hydrogen (secondary N) is 1. The van der Waals surface area contributed by atoms with Crippen LogP contribution in [0.1, 0.15) is 23.4 Å². The lowest BCUT2D eigenvalue weighted by molar-refractivity contribution is 0.0679. The third-order valence-corrected chi connectivity index (χ3v) is 3.31. The third-order valence-electron chi connectivity index (χ3n) is 3.31. The zero-order valence-electron chi connectivity index (χ0n) is 12.0. The number of ether oxygens (including phenoxy) is 2. The van der Waals surface area contributed by atoms with Gasteiger partial charge in [0.05, 0.1) is 13.2 Å². The molecule has 4 nitrogen and oxygen atoms in total. The van der Waals surface area contributed by atoms with E-state index in [0.717, 1.165) is 17.0 Å². The molecule has 1 aromatic heterocycles. The molecule has 0 aliphatic heterocycles. The first-order valence-electron chi connectivity index (χ1n) is 6.55. The van der Waals surface area contributed by atoms with E-state index < -0.39 is 0 Å². The lowest BCUT2D eigenvalue weighted by atomic mass is 9.98. The van der Waals surface area contributed by atoms with Gasteiger partial charge in [-0.1, -0.05) is 30.3 Å². The van der Waals surface area contributed by atoms with Crippen molar-refractivity contribution in [1.82, 2.24) is 10.3 Å². The fourth-order valence-electron chi connectivity index (χ4n) is 2.35. The average molecular weight is 272 g/mol. The van der Waals surface area contributed by atoms with Gasteiger partial charge in [0.15, 0.2) is 0 Å². The summed E-state index contributed by atoms with van der Waals surface area (Å²) >= 11 is 0. The van der Waals surface area contributed by atoms with Crippen molar-refractivity contribution >= 4 is 0 Å². The first kappa shape index (κ1) is 14.5. The topological polar surface area (TPSA) is 43.4 Å². The van der Waals surface area contributed by atoms with Crippen molar-refractivity contribution in [1.29, 1.82) is 0 Å². The molecule has 0 amide bonds.